The number of benzene rings is 1. The van der Waals surface area contributed by atoms with Crippen molar-refractivity contribution in [2.24, 2.45) is 5.41 Å². The molecule has 1 aromatic carbocycles. The summed E-state index contributed by atoms with van der Waals surface area (Å²) in [6.45, 7) is 0.479. The average Bonchev–Trinajstić information content (AvgIpc) is 3.28. The number of amides is 1. The van der Waals surface area contributed by atoms with Gasteiger partial charge in [-0.05, 0) is 30.5 Å². The molecule has 1 unspecified atom stereocenters. The summed E-state index contributed by atoms with van der Waals surface area (Å²) in [7, 11) is 0. The largest absolute Gasteiger partial charge is 0.388 e. The van der Waals surface area contributed by atoms with Gasteiger partial charge in [0.15, 0.2) is 0 Å². The van der Waals surface area contributed by atoms with Gasteiger partial charge in [0.2, 0.25) is 0 Å². The highest BCUT2D eigenvalue weighted by Gasteiger charge is 2.49. The van der Waals surface area contributed by atoms with E-state index in [9.17, 15) is 9.90 Å². The number of carbonyl (C=O) groups is 1. The number of nitrogens with zero attached hydrogens (tertiary/aromatic N) is 2. The molecule has 0 saturated heterocycles. The van der Waals surface area contributed by atoms with Crippen molar-refractivity contribution in [1.82, 2.24) is 14.7 Å². The monoisotopic (exact) mass is 321 g/mol. The molecule has 1 atom stereocenters. The van der Waals surface area contributed by atoms with E-state index in [4.69, 9.17) is 0 Å². The number of pyridine rings is 1. The summed E-state index contributed by atoms with van der Waals surface area (Å²) in [5.41, 5.74) is 2.16. The molecule has 4 rings (SSSR count). The second-order valence-corrected chi connectivity index (χ2v) is 6.50. The molecule has 2 aromatic heterocycles. The van der Waals surface area contributed by atoms with E-state index in [-0.39, 0.29) is 11.3 Å². The summed E-state index contributed by atoms with van der Waals surface area (Å²) in [5, 5.41) is 13.6. The quantitative estimate of drug-likeness (QED) is 0.759. The van der Waals surface area contributed by atoms with Gasteiger partial charge in [-0.2, -0.15) is 0 Å². The van der Waals surface area contributed by atoms with Crippen LogP contribution in [0, 0.1) is 5.41 Å². The summed E-state index contributed by atoms with van der Waals surface area (Å²) in [4.78, 5) is 16.5. The standard InChI is InChI=1S/C19H19N3O2/c23-17(14-4-2-1-3-5-14)19(7-8-19)12-21-18(24)15-6-9-22-13-20-11-16(22)10-15/h1-6,9-11,13,17,23H,7-8,12H2,(H,21,24). The predicted molar refractivity (Wildman–Crippen MR) is 90.6 cm³/mol. The normalized spacial score (nSPS) is 16.7. The van der Waals surface area contributed by atoms with Crippen LogP contribution in [-0.4, -0.2) is 26.9 Å². The van der Waals surface area contributed by atoms with E-state index in [0.29, 0.717) is 12.1 Å². The van der Waals surface area contributed by atoms with Crippen LogP contribution in [0.25, 0.3) is 5.52 Å². The van der Waals surface area contributed by atoms with Crippen molar-refractivity contribution in [2.75, 3.05) is 6.54 Å². The Morgan fingerprint density at radius 2 is 2.08 bits per heavy atom. The fraction of sp³-hybridized carbons (Fsp3) is 0.263. The Morgan fingerprint density at radius 1 is 1.29 bits per heavy atom. The van der Waals surface area contributed by atoms with Crippen molar-refractivity contribution < 1.29 is 9.90 Å². The van der Waals surface area contributed by atoms with E-state index in [1.807, 2.05) is 47.0 Å². The maximum Gasteiger partial charge on any atom is 0.251 e. The SMILES string of the molecule is O=C(NCC1(C(O)c2ccccc2)CC1)c1ccn2cncc2c1. The highest BCUT2D eigenvalue weighted by molar-refractivity contribution is 5.95. The maximum absolute atomic E-state index is 12.4. The van der Waals surface area contributed by atoms with Gasteiger partial charge in [0, 0.05) is 23.7 Å². The van der Waals surface area contributed by atoms with Gasteiger partial charge in [0.25, 0.3) is 5.91 Å². The van der Waals surface area contributed by atoms with Gasteiger partial charge < -0.3 is 14.8 Å². The predicted octanol–water partition coefficient (Wildman–Crippen LogP) is 2.58. The molecule has 0 bridgehead atoms. The van der Waals surface area contributed by atoms with E-state index >= 15 is 0 Å². The van der Waals surface area contributed by atoms with Crippen LogP contribution in [0.15, 0.2) is 61.2 Å². The molecular formula is C19H19N3O2. The summed E-state index contributed by atoms with van der Waals surface area (Å²) < 4.78 is 1.86. The summed E-state index contributed by atoms with van der Waals surface area (Å²) in [5.74, 6) is -0.120. The molecule has 2 N–H and O–H groups in total. The third-order valence-electron chi connectivity index (χ3n) is 4.86. The first-order valence-electron chi connectivity index (χ1n) is 8.11. The summed E-state index contributed by atoms with van der Waals surface area (Å²) in [6, 6.07) is 13.2. The van der Waals surface area contributed by atoms with Gasteiger partial charge in [-0.25, -0.2) is 4.98 Å². The number of carbonyl (C=O) groups excluding carboxylic acids is 1. The third kappa shape index (κ3) is 2.67. The van der Waals surface area contributed by atoms with Crippen LogP contribution in [-0.2, 0) is 0 Å². The topological polar surface area (TPSA) is 66.6 Å². The van der Waals surface area contributed by atoms with E-state index < -0.39 is 6.10 Å². The lowest BCUT2D eigenvalue weighted by Gasteiger charge is -2.23. The number of nitrogens with one attached hydrogen (secondary N) is 1. The first-order valence-corrected chi connectivity index (χ1v) is 8.11. The molecule has 1 saturated carbocycles. The number of aliphatic hydroxyl groups excluding tert-OH is 1. The Bertz CT molecular complexity index is 868. The Labute approximate surface area is 140 Å². The van der Waals surface area contributed by atoms with Crippen LogP contribution in [0.1, 0.15) is 34.9 Å². The minimum atomic E-state index is -0.545. The second kappa shape index (κ2) is 5.76. The molecule has 1 amide bonds. The fourth-order valence-corrected chi connectivity index (χ4v) is 3.12. The Balaban J connectivity index is 1.45. The Morgan fingerprint density at radius 3 is 2.83 bits per heavy atom. The maximum atomic E-state index is 12.4. The van der Waals surface area contributed by atoms with Crippen LogP contribution in [0.2, 0.25) is 0 Å². The van der Waals surface area contributed by atoms with Crippen LogP contribution in [0.3, 0.4) is 0 Å². The minimum absolute atomic E-state index is 0.120. The lowest BCUT2D eigenvalue weighted by Crippen LogP contribution is -2.33. The fourth-order valence-electron chi connectivity index (χ4n) is 3.12. The lowest BCUT2D eigenvalue weighted by atomic mass is 9.92. The van der Waals surface area contributed by atoms with Crippen molar-refractivity contribution in [1.29, 1.82) is 0 Å². The number of rotatable bonds is 5. The zero-order chi connectivity index (χ0) is 16.6. The molecule has 0 spiro atoms. The Kier molecular flexibility index (Phi) is 3.58. The minimum Gasteiger partial charge on any atom is -0.388 e. The second-order valence-electron chi connectivity index (χ2n) is 6.50. The average molecular weight is 321 g/mol. The highest BCUT2D eigenvalue weighted by Crippen LogP contribution is 2.54. The first-order chi connectivity index (χ1) is 11.7. The number of hydrogen-bond acceptors (Lipinski definition) is 3. The summed E-state index contributed by atoms with van der Waals surface area (Å²) in [6.07, 6.45) is 6.54. The molecule has 122 valence electrons. The highest BCUT2D eigenvalue weighted by atomic mass is 16.3. The van der Waals surface area contributed by atoms with Crippen molar-refractivity contribution >= 4 is 11.4 Å². The smallest absolute Gasteiger partial charge is 0.251 e. The molecule has 24 heavy (non-hydrogen) atoms. The van der Waals surface area contributed by atoms with E-state index in [0.717, 1.165) is 23.9 Å². The molecule has 1 aliphatic rings. The van der Waals surface area contributed by atoms with Gasteiger partial charge in [-0.15, -0.1) is 0 Å². The molecule has 5 nitrogen and oxygen atoms in total. The summed E-state index contributed by atoms with van der Waals surface area (Å²) >= 11 is 0. The zero-order valence-electron chi connectivity index (χ0n) is 13.2. The number of aliphatic hydroxyl groups is 1. The molecule has 1 aliphatic carbocycles. The molecule has 3 aromatic rings. The van der Waals surface area contributed by atoms with Gasteiger partial charge in [0.05, 0.1) is 24.1 Å². The van der Waals surface area contributed by atoms with Crippen LogP contribution in [0.4, 0.5) is 0 Å². The van der Waals surface area contributed by atoms with Crippen molar-refractivity contribution in [3.05, 3.63) is 72.3 Å². The molecule has 2 heterocycles. The molecule has 0 radical (unpaired) electrons. The van der Waals surface area contributed by atoms with Gasteiger partial charge in [0.1, 0.15) is 0 Å². The number of imidazole rings is 1. The molecule has 1 fully saturated rings. The van der Waals surface area contributed by atoms with Crippen LogP contribution in [0.5, 0.6) is 0 Å². The first kappa shape index (κ1) is 14.9. The molecule has 0 aliphatic heterocycles. The number of hydrogen-bond donors (Lipinski definition) is 2. The van der Waals surface area contributed by atoms with E-state index in [2.05, 4.69) is 10.3 Å². The lowest BCUT2D eigenvalue weighted by molar-refractivity contribution is 0.0808. The number of aromatic nitrogens is 2. The van der Waals surface area contributed by atoms with Gasteiger partial charge >= 0.3 is 0 Å². The van der Waals surface area contributed by atoms with Crippen molar-refractivity contribution in [3.63, 3.8) is 0 Å². The zero-order valence-corrected chi connectivity index (χ0v) is 13.2. The van der Waals surface area contributed by atoms with Crippen LogP contribution >= 0.6 is 0 Å². The molecular weight excluding hydrogens is 302 g/mol. The van der Waals surface area contributed by atoms with Crippen molar-refractivity contribution in [3.8, 4) is 0 Å². The van der Waals surface area contributed by atoms with E-state index in [1.165, 1.54) is 0 Å². The molecule has 5 heteroatoms. The van der Waals surface area contributed by atoms with Gasteiger partial charge in [-0.1, -0.05) is 30.3 Å². The third-order valence-corrected chi connectivity index (χ3v) is 4.86. The number of fused-ring (bicyclic) bond motifs is 1. The van der Waals surface area contributed by atoms with Crippen molar-refractivity contribution in [2.45, 2.75) is 18.9 Å². The van der Waals surface area contributed by atoms with Crippen LogP contribution < -0.4 is 5.32 Å². The van der Waals surface area contributed by atoms with Gasteiger partial charge in [-0.3, -0.25) is 4.79 Å². The van der Waals surface area contributed by atoms with E-state index in [1.54, 1.807) is 18.6 Å². The Hall–Kier alpha value is -2.66.